The molecule has 3 nitrogen and oxygen atoms in total. The van der Waals surface area contributed by atoms with Crippen LogP contribution in [-0.4, -0.2) is 18.1 Å². The third-order valence-electron chi connectivity index (χ3n) is 2.69. The Bertz CT molecular complexity index is 169. The molecule has 0 aromatic heterocycles. The average Bonchev–Trinajstić information content (AvgIpc) is 2.30. The molecule has 2 bridgehead atoms. The molecule has 0 aliphatic carbocycles. The first-order valence-electron chi connectivity index (χ1n) is 4.20. The van der Waals surface area contributed by atoms with Gasteiger partial charge >= 0.3 is 0 Å². The van der Waals surface area contributed by atoms with E-state index in [0.717, 1.165) is 25.7 Å². The number of hydrogen-bond acceptors (Lipinski definition) is 2. The van der Waals surface area contributed by atoms with Gasteiger partial charge in [-0.15, -0.1) is 0 Å². The molecular weight excluding hydrogens is 142 g/mol. The van der Waals surface area contributed by atoms with Gasteiger partial charge in [-0.3, -0.25) is 4.79 Å². The van der Waals surface area contributed by atoms with Crippen LogP contribution in [-0.2, 0) is 9.53 Å². The van der Waals surface area contributed by atoms with Crippen LogP contribution in [0, 0.1) is 5.92 Å². The van der Waals surface area contributed by atoms with Crippen molar-refractivity contribution in [3.63, 3.8) is 0 Å². The number of primary amides is 1. The molecule has 2 N–H and O–H groups in total. The maximum atomic E-state index is 10.8. The van der Waals surface area contributed by atoms with Crippen LogP contribution < -0.4 is 5.73 Å². The van der Waals surface area contributed by atoms with Gasteiger partial charge in [0.05, 0.1) is 12.2 Å². The number of ether oxygens (including phenoxy) is 1. The van der Waals surface area contributed by atoms with Crippen LogP contribution in [0.1, 0.15) is 25.7 Å². The van der Waals surface area contributed by atoms with Crippen molar-refractivity contribution in [2.24, 2.45) is 11.7 Å². The monoisotopic (exact) mass is 155 g/mol. The minimum absolute atomic E-state index is 0.0845. The number of amides is 1. The van der Waals surface area contributed by atoms with E-state index in [0.29, 0.717) is 12.2 Å². The zero-order valence-corrected chi connectivity index (χ0v) is 6.45. The molecule has 3 atom stereocenters. The minimum Gasteiger partial charge on any atom is -0.375 e. The topological polar surface area (TPSA) is 52.3 Å². The summed E-state index contributed by atoms with van der Waals surface area (Å²) in [5, 5.41) is 0. The first-order chi connectivity index (χ1) is 5.25. The lowest BCUT2D eigenvalue weighted by Gasteiger charge is -2.25. The molecule has 0 aromatic carbocycles. The number of rotatable bonds is 1. The Morgan fingerprint density at radius 3 is 2.27 bits per heavy atom. The predicted octanol–water partition coefficient (Wildman–Crippen LogP) is 0.429. The van der Waals surface area contributed by atoms with Gasteiger partial charge in [-0.2, -0.15) is 0 Å². The largest absolute Gasteiger partial charge is 0.375 e. The van der Waals surface area contributed by atoms with Crippen LogP contribution >= 0.6 is 0 Å². The smallest absolute Gasteiger partial charge is 0.220 e. The van der Waals surface area contributed by atoms with Gasteiger partial charge in [-0.25, -0.2) is 0 Å². The Balaban J connectivity index is 2.02. The zero-order valence-electron chi connectivity index (χ0n) is 6.45. The SMILES string of the molecule is NC(=O)C1C[C@H]2CC[C@@H](C1)O2. The highest BCUT2D eigenvalue weighted by atomic mass is 16.5. The Morgan fingerprint density at radius 2 is 1.82 bits per heavy atom. The van der Waals surface area contributed by atoms with Crippen LogP contribution in [0.15, 0.2) is 0 Å². The van der Waals surface area contributed by atoms with Gasteiger partial charge in [0.25, 0.3) is 0 Å². The second-order valence-electron chi connectivity index (χ2n) is 3.53. The third kappa shape index (κ3) is 1.25. The van der Waals surface area contributed by atoms with Gasteiger partial charge in [-0.1, -0.05) is 0 Å². The highest BCUT2D eigenvalue weighted by Crippen LogP contribution is 2.35. The molecule has 2 heterocycles. The molecule has 2 fully saturated rings. The first-order valence-corrected chi connectivity index (χ1v) is 4.20. The van der Waals surface area contributed by atoms with Crippen molar-refractivity contribution in [1.82, 2.24) is 0 Å². The van der Waals surface area contributed by atoms with Crippen molar-refractivity contribution < 1.29 is 9.53 Å². The van der Waals surface area contributed by atoms with Gasteiger partial charge < -0.3 is 10.5 Å². The molecule has 0 spiro atoms. The van der Waals surface area contributed by atoms with Crippen LogP contribution in [0.3, 0.4) is 0 Å². The van der Waals surface area contributed by atoms with Gasteiger partial charge in [0.2, 0.25) is 5.91 Å². The predicted molar refractivity (Wildman–Crippen MR) is 39.8 cm³/mol. The summed E-state index contributed by atoms with van der Waals surface area (Å²) in [7, 11) is 0. The molecule has 0 radical (unpaired) electrons. The van der Waals surface area contributed by atoms with E-state index in [1.54, 1.807) is 0 Å². The van der Waals surface area contributed by atoms with Crippen molar-refractivity contribution in [3.05, 3.63) is 0 Å². The van der Waals surface area contributed by atoms with Crippen molar-refractivity contribution in [2.45, 2.75) is 37.9 Å². The Labute approximate surface area is 65.9 Å². The number of carbonyl (C=O) groups excluding carboxylic acids is 1. The fourth-order valence-corrected chi connectivity index (χ4v) is 2.09. The molecule has 0 aromatic rings. The summed E-state index contributed by atoms with van der Waals surface area (Å²) >= 11 is 0. The van der Waals surface area contributed by atoms with Crippen molar-refractivity contribution in [2.75, 3.05) is 0 Å². The summed E-state index contributed by atoms with van der Waals surface area (Å²) in [6.45, 7) is 0. The second-order valence-corrected chi connectivity index (χ2v) is 3.53. The molecule has 2 aliphatic heterocycles. The normalized spacial score (nSPS) is 42.4. The molecule has 11 heavy (non-hydrogen) atoms. The molecule has 2 rings (SSSR count). The summed E-state index contributed by atoms with van der Waals surface area (Å²) in [6.07, 6.45) is 4.60. The molecule has 1 unspecified atom stereocenters. The van der Waals surface area contributed by atoms with Gasteiger partial charge in [-0.05, 0) is 25.7 Å². The van der Waals surface area contributed by atoms with Crippen molar-refractivity contribution >= 4 is 5.91 Å². The maximum absolute atomic E-state index is 10.8. The van der Waals surface area contributed by atoms with E-state index in [9.17, 15) is 4.79 Å². The molecule has 1 amide bonds. The van der Waals surface area contributed by atoms with Crippen LogP contribution in [0.2, 0.25) is 0 Å². The summed E-state index contributed by atoms with van der Waals surface area (Å²) in [6, 6.07) is 0. The molecule has 3 heteroatoms. The average molecular weight is 155 g/mol. The lowest BCUT2D eigenvalue weighted by atomic mass is 9.95. The van der Waals surface area contributed by atoms with Gasteiger partial charge in [0.15, 0.2) is 0 Å². The highest BCUT2D eigenvalue weighted by molar-refractivity contribution is 5.76. The van der Waals surface area contributed by atoms with Crippen LogP contribution in [0.25, 0.3) is 0 Å². The molecule has 2 aliphatic rings. The molecule has 62 valence electrons. The van der Waals surface area contributed by atoms with E-state index in [2.05, 4.69) is 0 Å². The van der Waals surface area contributed by atoms with E-state index in [-0.39, 0.29) is 11.8 Å². The molecular formula is C8H13NO2. The zero-order chi connectivity index (χ0) is 7.84. The lowest BCUT2D eigenvalue weighted by Crippen LogP contribution is -2.33. The molecule has 2 saturated heterocycles. The standard InChI is InChI=1S/C8H13NO2/c9-8(10)5-3-6-1-2-7(4-5)11-6/h5-7H,1-4H2,(H2,9,10)/t5?,6-,7+. The summed E-state index contributed by atoms with van der Waals surface area (Å²) in [5.41, 5.74) is 5.22. The highest BCUT2D eigenvalue weighted by Gasteiger charge is 2.36. The van der Waals surface area contributed by atoms with E-state index in [4.69, 9.17) is 10.5 Å². The second kappa shape index (κ2) is 2.48. The van der Waals surface area contributed by atoms with Crippen LogP contribution in [0.4, 0.5) is 0 Å². The Kier molecular flexibility index (Phi) is 1.60. The first kappa shape index (κ1) is 7.10. The summed E-state index contributed by atoms with van der Waals surface area (Å²) in [5.74, 6) is -0.0635. The number of nitrogens with two attached hydrogens (primary N) is 1. The van der Waals surface area contributed by atoms with Crippen LogP contribution in [0.5, 0.6) is 0 Å². The van der Waals surface area contributed by atoms with Gasteiger partial charge in [0, 0.05) is 5.92 Å². The Hall–Kier alpha value is -0.570. The fraction of sp³-hybridized carbons (Fsp3) is 0.875. The number of fused-ring (bicyclic) bond motifs is 2. The Morgan fingerprint density at radius 1 is 1.27 bits per heavy atom. The quantitative estimate of drug-likeness (QED) is 0.597. The number of hydrogen-bond donors (Lipinski definition) is 1. The van der Waals surface area contributed by atoms with E-state index >= 15 is 0 Å². The van der Waals surface area contributed by atoms with Crippen molar-refractivity contribution in [3.8, 4) is 0 Å². The summed E-state index contributed by atoms with van der Waals surface area (Å²) < 4.78 is 5.57. The van der Waals surface area contributed by atoms with Gasteiger partial charge in [0.1, 0.15) is 0 Å². The fourth-order valence-electron chi connectivity index (χ4n) is 2.09. The van der Waals surface area contributed by atoms with E-state index in [1.807, 2.05) is 0 Å². The van der Waals surface area contributed by atoms with Crippen molar-refractivity contribution in [1.29, 1.82) is 0 Å². The third-order valence-corrected chi connectivity index (χ3v) is 2.69. The minimum atomic E-state index is -0.148. The number of carbonyl (C=O) groups is 1. The van der Waals surface area contributed by atoms with E-state index in [1.165, 1.54) is 0 Å². The van der Waals surface area contributed by atoms with E-state index < -0.39 is 0 Å². The lowest BCUT2D eigenvalue weighted by molar-refractivity contribution is -0.127. The molecule has 0 saturated carbocycles. The summed E-state index contributed by atoms with van der Waals surface area (Å²) in [4.78, 5) is 10.8. The maximum Gasteiger partial charge on any atom is 0.220 e.